The summed E-state index contributed by atoms with van der Waals surface area (Å²) in [5, 5.41) is 4.49. The zero-order chi connectivity index (χ0) is 19.0. The summed E-state index contributed by atoms with van der Waals surface area (Å²) in [6.45, 7) is 7.12. The van der Waals surface area contributed by atoms with E-state index in [0.717, 1.165) is 28.3 Å². The van der Waals surface area contributed by atoms with E-state index in [1.165, 1.54) is 0 Å². The van der Waals surface area contributed by atoms with E-state index in [4.69, 9.17) is 4.74 Å². The van der Waals surface area contributed by atoms with Crippen molar-refractivity contribution in [3.05, 3.63) is 60.2 Å². The summed E-state index contributed by atoms with van der Waals surface area (Å²) < 4.78 is 7.43. The average molecular weight is 362 g/mol. The van der Waals surface area contributed by atoms with Gasteiger partial charge in [-0.2, -0.15) is 5.10 Å². The summed E-state index contributed by atoms with van der Waals surface area (Å²) in [6.07, 6.45) is 3.54. The van der Waals surface area contributed by atoms with Crippen LogP contribution in [0.25, 0.3) is 11.1 Å². The van der Waals surface area contributed by atoms with Gasteiger partial charge in [0.05, 0.1) is 18.8 Å². The number of hydrogen-bond donors (Lipinski definition) is 0. The summed E-state index contributed by atoms with van der Waals surface area (Å²) in [6, 6.07) is 11.6. The highest BCUT2D eigenvalue weighted by Gasteiger charge is 2.33. The second-order valence-corrected chi connectivity index (χ2v) is 6.73. The zero-order valence-electron chi connectivity index (χ0n) is 15.7. The molecule has 3 heterocycles. The molecule has 6 heteroatoms. The molecule has 0 aliphatic carbocycles. The van der Waals surface area contributed by atoms with Gasteiger partial charge < -0.3 is 9.64 Å². The van der Waals surface area contributed by atoms with E-state index >= 15 is 0 Å². The number of rotatable bonds is 4. The van der Waals surface area contributed by atoms with E-state index < -0.39 is 0 Å². The third-order valence-electron chi connectivity index (χ3n) is 4.76. The van der Waals surface area contributed by atoms with Gasteiger partial charge in [0.1, 0.15) is 11.4 Å². The molecular weight excluding hydrogens is 340 g/mol. The number of hydrogen-bond acceptors (Lipinski definition) is 4. The van der Waals surface area contributed by atoms with Crippen molar-refractivity contribution in [2.45, 2.75) is 26.8 Å². The Morgan fingerprint density at radius 3 is 2.89 bits per heavy atom. The van der Waals surface area contributed by atoms with Crippen molar-refractivity contribution >= 4 is 11.6 Å². The van der Waals surface area contributed by atoms with Gasteiger partial charge in [0.15, 0.2) is 0 Å². The minimum atomic E-state index is -0.0521. The molecule has 1 amide bonds. The first kappa shape index (κ1) is 17.3. The van der Waals surface area contributed by atoms with Gasteiger partial charge in [-0.25, -0.2) is 0 Å². The number of aromatic nitrogens is 3. The molecule has 138 valence electrons. The summed E-state index contributed by atoms with van der Waals surface area (Å²) in [5.74, 6) is 0.711. The molecule has 4 rings (SSSR count). The number of amides is 1. The fourth-order valence-corrected chi connectivity index (χ4v) is 3.52. The molecule has 2 aromatic heterocycles. The van der Waals surface area contributed by atoms with Gasteiger partial charge in [-0.05, 0) is 50.6 Å². The van der Waals surface area contributed by atoms with Crippen LogP contribution in [0.15, 0.2) is 48.8 Å². The molecule has 0 radical (unpaired) electrons. The molecule has 0 N–H and O–H groups in total. The smallest absolute Gasteiger partial charge is 0.277 e. The highest BCUT2D eigenvalue weighted by atomic mass is 16.5. The molecule has 6 nitrogen and oxygen atoms in total. The lowest BCUT2D eigenvalue weighted by Gasteiger charge is -2.32. The first-order valence-electron chi connectivity index (χ1n) is 9.13. The Bertz CT molecular complexity index is 995. The lowest BCUT2D eigenvalue weighted by molar-refractivity contribution is 0.0954. The monoisotopic (exact) mass is 362 g/mol. The molecule has 1 aliphatic rings. The summed E-state index contributed by atoms with van der Waals surface area (Å²) in [4.78, 5) is 19.4. The highest BCUT2D eigenvalue weighted by molar-refractivity contribution is 6.09. The van der Waals surface area contributed by atoms with Crippen molar-refractivity contribution in [3.8, 4) is 16.9 Å². The van der Waals surface area contributed by atoms with Crippen LogP contribution in [-0.2, 0) is 0 Å². The van der Waals surface area contributed by atoms with Crippen LogP contribution in [0.2, 0.25) is 0 Å². The summed E-state index contributed by atoms with van der Waals surface area (Å²) in [7, 11) is 0. The number of pyridine rings is 1. The SMILES string of the molecule is CCOc1cccc(N2C[C@H](C)n3ncc(-c4ccnc(C)c4)c3C2=O)c1. The van der Waals surface area contributed by atoms with Gasteiger partial charge in [-0.3, -0.25) is 14.5 Å². The Labute approximate surface area is 158 Å². The van der Waals surface area contributed by atoms with Crippen molar-refractivity contribution < 1.29 is 9.53 Å². The van der Waals surface area contributed by atoms with Gasteiger partial charge in [-0.15, -0.1) is 0 Å². The van der Waals surface area contributed by atoms with Crippen LogP contribution in [-0.4, -0.2) is 33.8 Å². The van der Waals surface area contributed by atoms with Gasteiger partial charge in [0.2, 0.25) is 0 Å². The van der Waals surface area contributed by atoms with Crippen LogP contribution in [0.3, 0.4) is 0 Å². The maximum Gasteiger partial charge on any atom is 0.277 e. The normalized spacial score (nSPS) is 16.3. The van der Waals surface area contributed by atoms with Gasteiger partial charge in [0, 0.05) is 35.8 Å². The molecule has 1 atom stereocenters. The largest absolute Gasteiger partial charge is 0.494 e. The molecule has 27 heavy (non-hydrogen) atoms. The van der Waals surface area contributed by atoms with Crippen molar-refractivity contribution in [2.24, 2.45) is 0 Å². The van der Waals surface area contributed by atoms with Crippen LogP contribution in [0.4, 0.5) is 5.69 Å². The minimum absolute atomic E-state index is 0.0521. The predicted molar refractivity (Wildman–Crippen MR) is 104 cm³/mol. The Kier molecular flexibility index (Phi) is 4.39. The van der Waals surface area contributed by atoms with Gasteiger partial charge >= 0.3 is 0 Å². The number of ether oxygens (including phenoxy) is 1. The van der Waals surface area contributed by atoms with Crippen LogP contribution >= 0.6 is 0 Å². The number of fused-ring (bicyclic) bond motifs is 1. The Morgan fingerprint density at radius 1 is 1.26 bits per heavy atom. The molecule has 1 aliphatic heterocycles. The zero-order valence-corrected chi connectivity index (χ0v) is 15.7. The molecule has 0 fully saturated rings. The van der Waals surface area contributed by atoms with Crippen LogP contribution in [0.1, 0.15) is 36.1 Å². The second-order valence-electron chi connectivity index (χ2n) is 6.73. The lowest BCUT2D eigenvalue weighted by atomic mass is 10.0. The number of aryl methyl sites for hydroxylation is 1. The average Bonchev–Trinajstić information content (AvgIpc) is 3.11. The number of anilines is 1. The maximum atomic E-state index is 13.4. The fraction of sp³-hybridized carbons (Fsp3) is 0.286. The molecule has 0 saturated carbocycles. The Balaban J connectivity index is 1.77. The van der Waals surface area contributed by atoms with E-state index in [-0.39, 0.29) is 11.9 Å². The van der Waals surface area contributed by atoms with Gasteiger partial charge in [-0.1, -0.05) is 6.07 Å². The van der Waals surface area contributed by atoms with Gasteiger partial charge in [0.25, 0.3) is 5.91 Å². The quantitative estimate of drug-likeness (QED) is 0.707. The van der Waals surface area contributed by atoms with Crippen LogP contribution < -0.4 is 9.64 Å². The summed E-state index contributed by atoms with van der Waals surface area (Å²) >= 11 is 0. The summed E-state index contributed by atoms with van der Waals surface area (Å²) in [5.41, 5.74) is 4.14. The first-order valence-corrected chi connectivity index (χ1v) is 9.13. The molecule has 0 unspecified atom stereocenters. The highest BCUT2D eigenvalue weighted by Crippen LogP contribution is 2.33. The number of nitrogens with zero attached hydrogens (tertiary/aromatic N) is 4. The standard InChI is InChI=1S/C21H22N4O2/c1-4-27-18-7-5-6-17(11-18)24-13-15(3)25-20(21(24)26)19(12-23-25)16-8-9-22-14(2)10-16/h5-12,15H,4,13H2,1-3H3/t15-/m0/s1. The maximum absolute atomic E-state index is 13.4. The second kappa shape index (κ2) is 6.87. The van der Waals surface area contributed by atoms with Crippen molar-refractivity contribution in [3.63, 3.8) is 0 Å². The first-order chi connectivity index (χ1) is 13.1. The van der Waals surface area contributed by atoms with E-state index in [0.29, 0.717) is 18.8 Å². The number of carbonyl (C=O) groups is 1. The molecule has 3 aromatic rings. The molecule has 0 bridgehead atoms. The topological polar surface area (TPSA) is 60.2 Å². The van der Waals surface area contributed by atoms with E-state index in [1.807, 2.05) is 59.8 Å². The van der Waals surface area contributed by atoms with Crippen LogP contribution in [0, 0.1) is 6.92 Å². The number of benzene rings is 1. The molecule has 0 spiro atoms. The third-order valence-corrected chi connectivity index (χ3v) is 4.76. The third kappa shape index (κ3) is 3.07. The number of carbonyl (C=O) groups excluding carboxylic acids is 1. The van der Waals surface area contributed by atoms with Crippen LogP contribution in [0.5, 0.6) is 5.75 Å². The molecular formula is C21H22N4O2. The lowest BCUT2D eigenvalue weighted by Crippen LogP contribution is -2.42. The predicted octanol–water partition coefficient (Wildman–Crippen LogP) is 3.87. The Hall–Kier alpha value is -3.15. The molecule has 1 aromatic carbocycles. The molecule has 0 saturated heterocycles. The van der Waals surface area contributed by atoms with E-state index in [1.54, 1.807) is 12.4 Å². The van der Waals surface area contributed by atoms with Crippen molar-refractivity contribution in [1.82, 2.24) is 14.8 Å². The van der Waals surface area contributed by atoms with Crippen molar-refractivity contribution in [1.29, 1.82) is 0 Å². The Morgan fingerprint density at radius 2 is 2.11 bits per heavy atom. The van der Waals surface area contributed by atoms with E-state index in [2.05, 4.69) is 17.0 Å². The van der Waals surface area contributed by atoms with E-state index in [9.17, 15) is 4.79 Å². The van der Waals surface area contributed by atoms with Crippen molar-refractivity contribution in [2.75, 3.05) is 18.1 Å². The minimum Gasteiger partial charge on any atom is -0.494 e. The fourth-order valence-electron chi connectivity index (χ4n) is 3.52.